The number of aliphatic hydroxyl groups excluding tert-OH is 1. The van der Waals surface area contributed by atoms with Gasteiger partial charge in [0, 0.05) is 0 Å². The number of hydrogen-bond acceptors (Lipinski definition) is 1. The van der Waals surface area contributed by atoms with Crippen molar-refractivity contribution in [2.45, 2.75) is 25.4 Å². The molecule has 11 heavy (non-hydrogen) atoms. The first-order valence-electron chi connectivity index (χ1n) is 4.74. The van der Waals surface area contributed by atoms with Gasteiger partial charge in [-0.1, -0.05) is 18.6 Å². The molecule has 0 heterocycles. The third-order valence-corrected chi connectivity index (χ3v) is 3.98. The highest BCUT2D eigenvalue weighted by Crippen LogP contribution is 2.59. The van der Waals surface area contributed by atoms with Gasteiger partial charge in [-0.2, -0.15) is 0 Å². The van der Waals surface area contributed by atoms with Gasteiger partial charge in [-0.15, -0.1) is 0 Å². The van der Waals surface area contributed by atoms with Crippen molar-refractivity contribution >= 4 is 0 Å². The van der Waals surface area contributed by atoms with E-state index in [4.69, 9.17) is 0 Å². The number of hydrogen-bond donors (Lipinski definition) is 1. The zero-order valence-electron chi connectivity index (χ0n) is 6.61. The molecule has 0 spiro atoms. The second-order valence-corrected chi connectivity index (χ2v) is 4.29. The van der Waals surface area contributed by atoms with Crippen LogP contribution < -0.4 is 0 Å². The van der Waals surface area contributed by atoms with Crippen LogP contribution in [-0.2, 0) is 0 Å². The third-order valence-electron chi connectivity index (χ3n) is 3.98. The van der Waals surface area contributed by atoms with Crippen LogP contribution >= 0.6 is 0 Å². The van der Waals surface area contributed by atoms with Gasteiger partial charge in [0.1, 0.15) is 0 Å². The molecule has 0 amide bonds. The molecule has 2 saturated carbocycles. The van der Waals surface area contributed by atoms with E-state index in [1.54, 1.807) is 0 Å². The molecule has 0 aliphatic heterocycles. The monoisotopic (exact) mass is 150 g/mol. The van der Waals surface area contributed by atoms with Gasteiger partial charge in [0.05, 0.1) is 6.10 Å². The van der Waals surface area contributed by atoms with Crippen molar-refractivity contribution in [2.24, 2.45) is 23.7 Å². The average Bonchev–Trinajstić information content (AvgIpc) is 2.43. The summed E-state index contributed by atoms with van der Waals surface area (Å²) in [6.07, 6.45) is 8.37. The molecule has 3 aliphatic carbocycles. The zero-order chi connectivity index (χ0) is 7.42. The van der Waals surface area contributed by atoms with E-state index in [1.165, 1.54) is 19.3 Å². The summed E-state index contributed by atoms with van der Waals surface area (Å²) in [6, 6.07) is 0. The van der Waals surface area contributed by atoms with Crippen molar-refractivity contribution in [3.05, 3.63) is 12.2 Å². The van der Waals surface area contributed by atoms with E-state index in [9.17, 15) is 5.11 Å². The first kappa shape index (κ1) is 6.24. The molecule has 0 aromatic heterocycles. The van der Waals surface area contributed by atoms with Crippen molar-refractivity contribution in [3.8, 4) is 0 Å². The van der Waals surface area contributed by atoms with Gasteiger partial charge in [0.25, 0.3) is 0 Å². The highest BCUT2D eigenvalue weighted by molar-refractivity contribution is 5.19. The van der Waals surface area contributed by atoms with Crippen molar-refractivity contribution in [3.63, 3.8) is 0 Å². The summed E-state index contributed by atoms with van der Waals surface area (Å²) in [6.45, 7) is 0. The zero-order valence-corrected chi connectivity index (χ0v) is 6.61. The molecule has 1 N–H and O–H groups in total. The Kier molecular flexibility index (Phi) is 1.07. The summed E-state index contributed by atoms with van der Waals surface area (Å²) in [5.41, 5.74) is 0. The minimum atomic E-state index is -0.0978. The highest BCUT2D eigenvalue weighted by atomic mass is 16.3. The van der Waals surface area contributed by atoms with E-state index in [0.717, 1.165) is 17.8 Å². The standard InChI is InChI=1S/C10H14O/c11-9-5-4-8-6-2-1-3-7(6)10(8)9/h4-11H,1-3H2/t6-,7+,8+,9+,10-/m1/s1. The van der Waals surface area contributed by atoms with Crippen LogP contribution in [0.15, 0.2) is 12.2 Å². The molecule has 3 aliphatic rings. The van der Waals surface area contributed by atoms with Gasteiger partial charge in [-0.25, -0.2) is 0 Å². The smallest absolute Gasteiger partial charge is 0.0757 e. The lowest BCUT2D eigenvalue weighted by Gasteiger charge is -2.46. The van der Waals surface area contributed by atoms with Gasteiger partial charge in [-0.05, 0) is 36.5 Å². The average molecular weight is 150 g/mol. The van der Waals surface area contributed by atoms with E-state index in [0.29, 0.717) is 5.92 Å². The fourth-order valence-electron chi connectivity index (χ4n) is 3.52. The van der Waals surface area contributed by atoms with Crippen molar-refractivity contribution in [1.82, 2.24) is 0 Å². The molecular weight excluding hydrogens is 136 g/mol. The van der Waals surface area contributed by atoms with Crippen LogP contribution in [0, 0.1) is 23.7 Å². The van der Waals surface area contributed by atoms with Gasteiger partial charge in [0.2, 0.25) is 0 Å². The predicted octanol–water partition coefficient (Wildman–Crippen LogP) is 1.58. The van der Waals surface area contributed by atoms with Gasteiger partial charge in [-0.3, -0.25) is 0 Å². The third kappa shape index (κ3) is 0.610. The lowest BCUT2D eigenvalue weighted by molar-refractivity contribution is -0.0231. The molecular formula is C10H14O. The molecule has 1 nitrogen and oxygen atoms in total. The SMILES string of the molecule is O[C@H]1C=C[C@H]2[C@@H]3CCC[C@@H]3[C@H]21. The molecule has 0 bridgehead atoms. The Morgan fingerprint density at radius 2 is 1.91 bits per heavy atom. The van der Waals surface area contributed by atoms with Crippen LogP contribution in [0.3, 0.4) is 0 Å². The second kappa shape index (κ2) is 1.89. The molecule has 1 heteroatoms. The Balaban J connectivity index is 1.88. The van der Waals surface area contributed by atoms with Crippen LogP contribution in [0.25, 0.3) is 0 Å². The minimum Gasteiger partial charge on any atom is -0.389 e. The molecule has 0 saturated heterocycles. The van der Waals surface area contributed by atoms with Crippen molar-refractivity contribution in [2.75, 3.05) is 0 Å². The van der Waals surface area contributed by atoms with Crippen LogP contribution in [0.2, 0.25) is 0 Å². The normalized spacial score (nSPS) is 58.8. The largest absolute Gasteiger partial charge is 0.389 e. The highest BCUT2D eigenvalue weighted by Gasteiger charge is 2.55. The van der Waals surface area contributed by atoms with E-state index in [1.807, 2.05) is 6.08 Å². The van der Waals surface area contributed by atoms with E-state index in [-0.39, 0.29) is 6.10 Å². The first-order chi connectivity index (χ1) is 5.38. The summed E-state index contributed by atoms with van der Waals surface area (Å²) in [5, 5.41) is 9.58. The molecule has 5 atom stereocenters. The molecule has 3 rings (SSSR count). The molecule has 2 fully saturated rings. The lowest BCUT2D eigenvalue weighted by atomic mass is 9.59. The summed E-state index contributed by atoms with van der Waals surface area (Å²) < 4.78 is 0. The second-order valence-electron chi connectivity index (χ2n) is 4.29. The van der Waals surface area contributed by atoms with Crippen molar-refractivity contribution in [1.29, 1.82) is 0 Å². The van der Waals surface area contributed by atoms with Crippen LogP contribution in [0.1, 0.15) is 19.3 Å². The molecule has 0 aromatic carbocycles. The van der Waals surface area contributed by atoms with E-state index < -0.39 is 0 Å². The van der Waals surface area contributed by atoms with Crippen molar-refractivity contribution < 1.29 is 5.11 Å². The van der Waals surface area contributed by atoms with Gasteiger partial charge in [0.15, 0.2) is 0 Å². The maximum Gasteiger partial charge on any atom is 0.0757 e. The summed E-state index contributed by atoms with van der Waals surface area (Å²) >= 11 is 0. The summed E-state index contributed by atoms with van der Waals surface area (Å²) in [7, 11) is 0. The number of fused-ring (bicyclic) bond motifs is 4. The van der Waals surface area contributed by atoms with E-state index >= 15 is 0 Å². The number of aliphatic hydroxyl groups is 1. The molecule has 60 valence electrons. The Labute approximate surface area is 67.1 Å². The minimum absolute atomic E-state index is 0.0978. The Morgan fingerprint density at radius 3 is 2.82 bits per heavy atom. The van der Waals surface area contributed by atoms with Crippen LogP contribution in [-0.4, -0.2) is 11.2 Å². The molecule has 0 radical (unpaired) electrons. The summed E-state index contributed by atoms with van der Waals surface area (Å²) in [4.78, 5) is 0. The first-order valence-corrected chi connectivity index (χ1v) is 4.74. The maximum atomic E-state index is 9.58. The fraction of sp³-hybridized carbons (Fsp3) is 0.800. The van der Waals surface area contributed by atoms with Gasteiger partial charge < -0.3 is 5.11 Å². The maximum absolute atomic E-state index is 9.58. The number of allylic oxidation sites excluding steroid dienone is 1. The number of rotatable bonds is 0. The lowest BCUT2D eigenvalue weighted by Crippen LogP contribution is -2.45. The van der Waals surface area contributed by atoms with Crippen LogP contribution in [0.4, 0.5) is 0 Å². The Morgan fingerprint density at radius 1 is 1.09 bits per heavy atom. The predicted molar refractivity (Wildman–Crippen MR) is 43.0 cm³/mol. The Hall–Kier alpha value is -0.300. The fourth-order valence-corrected chi connectivity index (χ4v) is 3.52. The van der Waals surface area contributed by atoms with E-state index in [2.05, 4.69) is 6.08 Å². The molecule has 0 unspecified atom stereocenters. The van der Waals surface area contributed by atoms with Gasteiger partial charge >= 0.3 is 0 Å². The molecule has 0 aromatic rings. The quantitative estimate of drug-likeness (QED) is 0.520. The topological polar surface area (TPSA) is 20.2 Å². The Bertz CT molecular complexity index is 209. The van der Waals surface area contributed by atoms with Crippen LogP contribution in [0.5, 0.6) is 0 Å². The summed E-state index contributed by atoms with van der Waals surface area (Å²) in [5.74, 6) is 3.22.